The molecule has 0 atom stereocenters. The lowest BCUT2D eigenvalue weighted by Crippen LogP contribution is -2.42. The van der Waals surface area contributed by atoms with Gasteiger partial charge in [-0.05, 0) is 45.0 Å². The number of benzene rings is 2. The van der Waals surface area contributed by atoms with Crippen LogP contribution in [0.5, 0.6) is 5.75 Å². The number of carbonyl (C=O) groups is 2. The van der Waals surface area contributed by atoms with Crippen LogP contribution < -0.4 is 15.0 Å². The summed E-state index contributed by atoms with van der Waals surface area (Å²) >= 11 is 0. The largest absolute Gasteiger partial charge is 0.490 e. The average molecular weight is 356 g/mol. The maximum absolute atomic E-state index is 13.8. The average Bonchev–Trinajstić information content (AvgIpc) is 2.70. The molecule has 1 N–H and O–H groups in total. The van der Waals surface area contributed by atoms with Crippen molar-refractivity contribution in [2.24, 2.45) is 5.41 Å². The molecule has 0 radical (unpaired) electrons. The SMILES string of the molecule is CCN1C(=O)C(C)(C)COc2cc(NC(=O)c3ccccc3F)ccc21. The van der Waals surface area contributed by atoms with Crippen molar-refractivity contribution in [1.82, 2.24) is 0 Å². The first-order chi connectivity index (χ1) is 12.3. The van der Waals surface area contributed by atoms with E-state index in [0.717, 1.165) is 0 Å². The topological polar surface area (TPSA) is 58.6 Å². The molecular weight excluding hydrogens is 335 g/mol. The molecule has 0 fully saturated rings. The van der Waals surface area contributed by atoms with Crippen molar-refractivity contribution < 1.29 is 18.7 Å². The summed E-state index contributed by atoms with van der Waals surface area (Å²) in [6.45, 7) is 6.33. The lowest BCUT2D eigenvalue weighted by Gasteiger charge is -2.26. The van der Waals surface area contributed by atoms with Crippen molar-refractivity contribution in [3.63, 3.8) is 0 Å². The highest BCUT2D eigenvalue weighted by atomic mass is 19.1. The Balaban J connectivity index is 1.90. The van der Waals surface area contributed by atoms with Crippen LogP contribution in [0.1, 0.15) is 31.1 Å². The van der Waals surface area contributed by atoms with Crippen LogP contribution in [-0.2, 0) is 4.79 Å². The molecule has 0 bridgehead atoms. The van der Waals surface area contributed by atoms with Crippen LogP contribution in [0.2, 0.25) is 0 Å². The minimum Gasteiger partial charge on any atom is -0.490 e. The van der Waals surface area contributed by atoms with Gasteiger partial charge in [0.15, 0.2) is 0 Å². The molecule has 2 aromatic carbocycles. The second-order valence-electron chi connectivity index (χ2n) is 6.84. The minimum absolute atomic E-state index is 0.0121. The fraction of sp³-hybridized carbons (Fsp3) is 0.300. The first kappa shape index (κ1) is 17.9. The molecule has 0 spiro atoms. The van der Waals surface area contributed by atoms with E-state index in [1.54, 1.807) is 29.2 Å². The highest BCUT2D eigenvalue weighted by Gasteiger charge is 2.37. The van der Waals surface area contributed by atoms with Crippen molar-refractivity contribution >= 4 is 23.2 Å². The molecule has 136 valence electrons. The van der Waals surface area contributed by atoms with E-state index in [1.165, 1.54) is 18.2 Å². The molecule has 6 heteroatoms. The molecular formula is C20H21FN2O3. The zero-order valence-corrected chi connectivity index (χ0v) is 15.0. The van der Waals surface area contributed by atoms with Gasteiger partial charge in [-0.3, -0.25) is 9.59 Å². The summed E-state index contributed by atoms with van der Waals surface area (Å²) in [5.74, 6) is -0.625. The van der Waals surface area contributed by atoms with Crippen LogP contribution in [0.3, 0.4) is 0 Å². The van der Waals surface area contributed by atoms with Crippen molar-refractivity contribution in [3.8, 4) is 5.75 Å². The Hall–Kier alpha value is -2.89. The zero-order valence-electron chi connectivity index (χ0n) is 15.0. The van der Waals surface area contributed by atoms with Crippen molar-refractivity contribution in [2.45, 2.75) is 20.8 Å². The van der Waals surface area contributed by atoms with Gasteiger partial charge in [0.1, 0.15) is 18.2 Å². The van der Waals surface area contributed by atoms with Crippen molar-refractivity contribution in [1.29, 1.82) is 0 Å². The van der Waals surface area contributed by atoms with E-state index in [4.69, 9.17) is 4.74 Å². The smallest absolute Gasteiger partial charge is 0.258 e. The number of amides is 2. The van der Waals surface area contributed by atoms with Crippen molar-refractivity contribution in [3.05, 3.63) is 53.8 Å². The molecule has 0 unspecified atom stereocenters. The molecule has 2 aromatic rings. The van der Waals surface area contributed by atoms with Gasteiger partial charge in [-0.1, -0.05) is 12.1 Å². The minimum atomic E-state index is -0.647. The molecule has 0 aromatic heterocycles. The number of hydrogen-bond acceptors (Lipinski definition) is 3. The third-order valence-corrected chi connectivity index (χ3v) is 4.36. The van der Waals surface area contributed by atoms with Gasteiger partial charge >= 0.3 is 0 Å². The summed E-state index contributed by atoms with van der Waals surface area (Å²) in [6.07, 6.45) is 0. The second kappa shape index (κ2) is 6.78. The van der Waals surface area contributed by atoms with E-state index in [-0.39, 0.29) is 18.1 Å². The van der Waals surface area contributed by atoms with E-state index in [2.05, 4.69) is 5.32 Å². The predicted octanol–water partition coefficient (Wildman–Crippen LogP) is 3.85. The molecule has 3 rings (SSSR count). The molecule has 0 aliphatic carbocycles. The molecule has 2 amide bonds. The lowest BCUT2D eigenvalue weighted by atomic mass is 9.93. The van der Waals surface area contributed by atoms with E-state index in [9.17, 15) is 14.0 Å². The summed E-state index contributed by atoms with van der Waals surface area (Å²) in [5, 5.41) is 2.67. The summed E-state index contributed by atoms with van der Waals surface area (Å²) < 4.78 is 19.6. The van der Waals surface area contributed by atoms with Crippen LogP contribution in [0.25, 0.3) is 0 Å². The summed E-state index contributed by atoms with van der Waals surface area (Å²) in [7, 11) is 0. The van der Waals surface area contributed by atoms with Gasteiger partial charge in [0.25, 0.3) is 5.91 Å². The monoisotopic (exact) mass is 356 g/mol. The first-order valence-electron chi connectivity index (χ1n) is 8.48. The second-order valence-corrected chi connectivity index (χ2v) is 6.84. The molecule has 5 nitrogen and oxygen atoms in total. The van der Waals surface area contributed by atoms with E-state index in [0.29, 0.717) is 23.7 Å². The highest BCUT2D eigenvalue weighted by molar-refractivity contribution is 6.05. The maximum Gasteiger partial charge on any atom is 0.258 e. The molecule has 1 heterocycles. The number of nitrogens with one attached hydrogen (secondary N) is 1. The Morgan fingerprint density at radius 2 is 2.00 bits per heavy atom. The molecule has 1 aliphatic heterocycles. The first-order valence-corrected chi connectivity index (χ1v) is 8.48. The molecule has 0 saturated heterocycles. The van der Waals surface area contributed by atoms with Gasteiger partial charge in [-0.15, -0.1) is 0 Å². The van der Waals surface area contributed by atoms with Gasteiger partial charge in [0.05, 0.1) is 16.7 Å². The van der Waals surface area contributed by atoms with E-state index in [1.807, 2.05) is 20.8 Å². The number of carbonyl (C=O) groups excluding carboxylic acids is 2. The summed E-state index contributed by atoms with van der Waals surface area (Å²) in [6, 6.07) is 10.9. The van der Waals surface area contributed by atoms with Gasteiger partial charge in [-0.2, -0.15) is 0 Å². The maximum atomic E-state index is 13.8. The summed E-state index contributed by atoms with van der Waals surface area (Å²) in [4.78, 5) is 26.6. The van der Waals surface area contributed by atoms with E-state index >= 15 is 0 Å². The zero-order chi connectivity index (χ0) is 18.9. The molecule has 26 heavy (non-hydrogen) atoms. The fourth-order valence-electron chi connectivity index (χ4n) is 2.88. The highest BCUT2D eigenvalue weighted by Crippen LogP contribution is 2.38. The lowest BCUT2D eigenvalue weighted by molar-refractivity contribution is -0.127. The quantitative estimate of drug-likeness (QED) is 0.909. The van der Waals surface area contributed by atoms with Gasteiger partial charge in [-0.25, -0.2) is 4.39 Å². The number of nitrogens with zero attached hydrogens (tertiary/aromatic N) is 1. The third-order valence-electron chi connectivity index (χ3n) is 4.36. The Bertz CT molecular complexity index is 864. The van der Waals surface area contributed by atoms with Crippen LogP contribution in [-0.4, -0.2) is 25.0 Å². The fourth-order valence-corrected chi connectivity index (χ4v) is 2.88. The number of halogens is 1. The van der Waals surface area contributed by atoms with Crippen molar-refractivity contribution in [2.75, 3.05) is 23.4 Å². The van der Waals surface area contributed by atoms with E-state index < -0.39 is 17.1 Å². The van der Waals surface area contributed by atoms with Crippen LogP contribution in [0, 0.1) is 11.2 Å². The Kier molecular flexibility index (Phi) is 4.68. The standard InChI is InChI=1S/C20H21FN2O3/c1-4-23-16-10-9-13(11-17(16)26-12-20(2,3)19(23)25)22-18(24)14-7-5-6-8-15(14)21/h5-11H,4,12H2,1-3H3,(H,22,24). The van der Waals surface area contributed by atoms with Crippen LogP contribution in [0.4, 0.5) is 15.8 Å². The third kappa shape index (κ3) is 3.27. The van der Waals surface area contributed by atoms with Crippen LogP contribution in [0.15, 0.2) is 42.5 Å². The number of ether oxygens (including phenoxy) is 1. The number of anilines is 2. The Labute approximate surface area is 151 Å². The van der Waals surface area contributed by atoms with Gasteiger partial charge in [0.2, 0.25) is 5.91 Å². The Morgan fingerprint density at radius 3 is 2.69 bits per heavy atom. The molecule has 0 saturated carbocycles. The van der Waals surface area contributed by atoms with Gasteiger partial charge < -0.3 is 15.0 Å². The normalized spacial score (nSPS) is 15.7. The number of hydrogen-bond donors (Lipinski definition) is 1. The number of rotatable bonds is 3. The predicted molar refractivity (Wildman–Crippen MR) is 98.1 cm³/mol. The number of fused-ring (bicyclic) bond motifs is 1. The summed E-state index contributed by atoms with van der Waals surface area (Å²) in [5.41, 5.74) is 0.452. The Morgan fingerprint density at radius 1 is 1.27 bits per heavy atom. The van der Waals surface area contributed by atoms with Gasteiger partial charge in [0, 0.05) is 18.3 Å². The molecule has 1 aliphatic rings. The van der Waals surface area contributed by atoms with Crippen LogP contribution >= 0.6 is 0 Å².